The van der Waals surface area contributed by atoms with E-state index in [1.54, 1.807) is 18.3 Å². The summed E-state index contributed by atoms with van der Waals surface area (Å²) in [5.41, 5.74) is 1.03. The second kappa shape index (κ2) is 5.58. The lowest BCUT2D eigenvalue weighted by molar-refractivity contribution is 0.168. The molecule has 1 unspecified atom stereocenters. The first-order valence-electron chi connectivity index (χ1n) is 5.62. The minimum Gasteiger partial charge on any atom is -0.387 e. The summed E-state index contributed by atoms with van der Waals surface area (Å²) in [7, 11) is 0. The molecule has 4 nitrogen and oxygen atoms in total. The fourth-order valence-electron chi connectivity index (χ4n) is 1.59. The molecule has 0 saturated heterocycles. The van der Waals surface area contributed by atoms with Crippen LogP contribution in [-0.2, 0) is 6.54 Å². The summed E-state index contributed by atoms with van der Waals surface area (Å²) < 4.78 is 15.9. The van der Waals surface area contributed by atoms with Crippen LogP contribution in [-0.4, -0.2) is 20.1 Å². The average Bonchev–Trinajstić information content (AvgIpc) is 2.81. The fourth-order valence-corrected chi connectivity index (χ4v) is 2.00. The van der Waals surface area contributed by atoms with Gasteiger partial charge in [-0.25, -0.2) is 9.07 Å². The van der Waals surface area contributed by atoms with E-state index in [1.807, 2.05) is 6.92 Å². The van der Waals surface area contributed by atoms with Crippen molar-refractivity contribution in [1.82, 2.24) is 15.0 Å². The van der Waals surface area contributed by atoms with E-state index in [0.717, 1.165) is 4.47 Å². The zero-order valence-electron chi connectivity index (χ0n) is 9.85. The van der Waals surface area contributed by atoms with Crippen LogP contribution in [0.5, 0.6) is 0 Å². The lowest BCUT2D eigenvalue weighted by Gasteiger charge is -2.04. The van der Waals surface area contributed by atoms with Gasteiger partial charge in [0.05, 0.1) is 18.8 Å². The summed E-state index contributed by atoms with van der Waals surface area (Å²) in [5, 5.41) is 17.3. The molecule has 0 spiro atoms. The monoisotopic (exact) mass is 313 g/mol. The minimum absolute atomic E-state index is 0.286. The fraction of sp³-hybridized carbons (Fsp3) is 0.333. The van der Waals surface area contributed by atoms with Crippen molar-refractivity contribution in [2.75, 3.05) is 0 Å². The van der Waals surface area contributed by atoms with Crippen LogP contribution in [0, 0.1) is 5.82 Å². The number of nitrogens with zero attached hydrogens (tertiary/aromatic N) is 3. The van der Waals surface area contributed by atoms with Crippen molar-refractivity contribution < 1.29 is 9.50 Å². The quantitative estimate of drug-likeness (QED) is 0.944. The molecule has 1 heterocycles. The Hall–Kier alpha value is -1.27. The summed E-state index contributed by atoms with van der Waals surface area (Å²) in [6, 6.07) is 4.75. The number of aromatic nitrogens is 3. The molecule has 18 heavy (non-hydrogen) atoms. The van der Waals surface area contributed by atoms with Crippen molar-refractivity contribution in [3.63, 3.8) is 0 Å². The second-order valence-corrected chi connectivity index (χ2v) is 4.92. The molecule has 0 aliphatic rings. The number of benzene rings is 1. The first-order valence-corrected chi connectivity index (χ1v) is 6.41. The Bertz CT molecular complexity index is 544. The van der Waals surface area contributed by atoms with Crippen LogP contribution in [0.2, 0.25) is 0 Å². The van der Waals surface area contributed by atoms with E-state index >= 15 is 0 Å². The summed E-state index contributed by atoms with van der Waals surface area (Å²) in [5.74, 6) is -0.286. The maximum atomic E-state index is 13.6. The molecule has 0 radical (unpaired) electrons. The molecule has 2 aromatic rings. The highest BCUT2D eigenvalue weighted by atomic mass is 79.9. The number of halogens is 2. The van der Waals surface area contributed by atoms with Gasteiger partial charge in [-0.15, -0.1) is 5.10 Å². The van der Waals surface area contributed by atoms with Gasteiger partial charge in [0.2, 0.25) is 0 Å². The Labute approximate surface area is 113 Å². The van der Waals surface area contributed by atoms with Crippen LogP contribution >= 0.6 is 15.9 Å². The molecule has 1 atom stereocenters. The molecular formula is C12H13BrFN3O. The van der Waals surface area contributed by atoms with Crippen molar-refractivity contribution in [3.05, 3.63) is 45.9 Å². The molecule has 6 heteroatoms. The molecule has 0 saturated carbocycles. The number of hydrogen-bond acceptors (Lipinski definition) is 3. The van der Waals surface area contributed by atoms with Gasteiger partial charge in [-0.2, -0.15) is 0 Å². The lowest BCUT2D eigenvalue weighted by atomic mass is 10.2. The Morgan fingerprint density at radius 2 is 2.28 bits per heavy atom. The Kier molecular flexibility index (Phi) is 4.08. The normalized spacial score (nSPS) is 12.7. The lowest BCUT2D eigenvalue weighted by Crippen LogP contribution is -2.02. The summed E-state index contributed by atoms with van der Waals surface area (Å²) in [4.78, 5) is 0. The van der Waals surface area contributed by atoms with Crippen molar-refractivity contribution in [1.29, 1.82) is 0 Å². The van der Waals surface area contributed by atoms with E-state index < -0.39 is 6.10 Å². The molecule has 0 amide bonds. The zero-order chi connectivity index (χ0) is 13.1. The van der Waals surface area contributed by atoms with Crippen LogP contribution in [0.15, 0.2) is 28.9 Å². The Morgan fingerprint density at radius 3 is 3.00 bits per heavy atom. The van der Waals surface area contributed by atoms with Crippen molar-refractivity contribution >= 4 is 15.9 Å². The standard InChI is InChI=1S/C12H13BrFN3O/c1-2-12(18)11-7-17(16-15-11)6-8-5-9(13)3-4-10(8)14/h3-5,7,12,18H,2,6H2,1H3. The summed E-state index contributed by atoms with van der Waals surface area (Å²) in [6.07, 6.45) is 1.59. The van der Waals surface area contributed by atoms with Gasteiger partial charge >= 0.3 is 0 Å². The van der Waals surface area contributed by atoms with Gasteiger partial charge in [0, 0.05) is 10.0 Å². The largest absolute Gasteiger partial charge is 0.387 e. The molecule has 2 rings (SSSR count). The van der Waals surface area contributed by atoms with Gasteiger partial charge in [0.25, 0.3) is 0 Å². The number of hydrogen-bond donors (Lipinski definition) is 1. The van der Waals surface area contributed by atoms with Crippen LogP contribution in [0.3, 0.4) is 0 Å². The summed E-state index contributed by atoms with van der Waals surface area (Å²) in [6.45, 7) is 2.15. The summed E-state index contributed by atoms with van der Waals surface area (Å²) >= 11 is 3.30. The van der Waals surface area contributed by atoms with E-state index in [-0.39, 0.29) is 12.4 Å². The van der Waals surface area contributed by atoms with E-state index in [9.17, 15) is 9.50 Å². The molecule has 1 aromatic heterocycles. The molecule has 1 N–H and O–H groups in total. The van der Waals surface area contributed by atoms with E-state index in [2.05, 4.69) is 26.2 Å². The van der Waals surface area contributed by atoms with Gasteiger partial charge in [-0.1, -0.05) is 28.1 Å². The van der Waals surface area contributed by atoms with E-state index in [4.69, 9.17) is 0 Å². The minimum atomic E-state index is -0.619. The predicted octanol–water partition coefficient (Wildman–Crippen LogP) is 2.67. The topological polar surface area (TPSA) is 50.9 Å². The smallest absolute Gasteiger partial charge is 0.128 e. The second-order valence-electron chi connectivity index (χ2n) is 4.00. The average molecular weight is 314 g/mol. The highest BCUT2D eigenvalue weighted by Gasteiger charge is 2.11. The molecule has 0 fully saturated rings. The van der Waals surface area contributed by atoms with Crippen LogP contribution in [0.1, 0.15) is 30.7 Å². The number of aliphatic hydroxyl groups excluding tert-OH is 1. The molecule has 1 aromatic carbocycles. The first kappa shape index (κ1) is 13.2. The van der Waals surface area contributed by atoms with Crippen molar-refractivity contribution in [2.45, 2.75) is 26.0 Å². The van der Waals surface area contributed by atoms with Gasteiger partial charge in [0.1, 0.15) is 11.5 Å². The first-order chi connectivity index (χ1) is 8.60. The highest BCUT2D eigenvalue weighted by molar-refractivity contribution is 9.10. The molecule has 96 valence electrons. The van der Waals surface area contributed by atoms with Gasteiger partial charge < -0.3 is 5.11 Å². The van der Waals surface area contributed by atoms with E-state index in [1.165, 1.54) is 10.7 Å². The third-order valence-corrected chi connectivity index (χ3v) is 3.12. The predicted molar refractivity (Wildman–Crippen MR) is 68.5 cm³/mol. The van der Waals surface area contributed by atoms with Gasteiger partial charge in [0.15, 0.2) is 0 Å². The number of aliphatic hydroxyl groups is 1. The third-order valence-electron chi connectivity index (χ3n) is 2.62. The Balaban J connectivity index is 2.18. The van der Waals surface area contributed by atoms with Gasteiger partial charge in [-0.05, 0) is 24.6 Å². The molecule has 0 aliphatic carbocycles. The number of rotatable bonds is 4. The zero-order valence-corrected chi connectivity index (χ0v) is 11.4. The Morgan fingerprint density at radius 1 is 1.50 bits per heavy atom. The maximum absolute atomic E-state index is 13.6. The maximum Gasteiger partial charge on any atom is 0.128 e. The van der Waals surface area contributed by atoms with Crippen molar-refractivity contribution in [3.8, 4) is 0 Å². The van der Waals surface area contributed by atoms with Crippen LogP contribution in [0.4, 0.5) is 4.39 Å². The van der Waals surface area contributed by atoms with Gasteiger partial charge in [-0.3, -0.25) is 0 Å². The van der Waals surface area contributed by atoms with Crippen LogP contribution < -0.4 is 0 Å². The molecule has 0 bridgehead atoms. The van der Waals surface area contributed by atoms with Crippen LogP contribution in [0.25, 0.3) is 0 Å². The van der Waals surface area contributed by atoms with Crippen molar-refractivity contribution in [2.24, 2.45) is 0 Å². The highest BCUT2D eigenvalue weighted by Crippen LogP contribution is 2.17. The molecular weight excluding hydrogens is 301 g/mol. The molecule has 0 aliphatic heterocycles. The third kappa shape index (κ3) is 2.94. The SMILES string of the molecule is CCC(O)c1cn(Cc2cc(Br)ccc2F)nn1. The van der Waals surface area contributed by atoms with E-state index in [0.29, 0.717) is 17.7 Å².